The molecule has 5 heteroatoms. The highest BCUT2D eigenvalue weighted by molar-refractivity contribution is 5.92. The molecule has 3 fully saturated rings. The molecule has 1 saturated carbocycles. The molecule has 21 heavy (non-hydrogen) atoms. The zero-order valence-electron chi connectivity index (χ0n) is 12.4. The van der Waals surface area contributed by atoms with Crippen LogP contribution in [0, 0.1) is 5.92 Å². The van der Waals surface area contributed by atoms with Crippen molar-refractivity contribution in [3.8, 4) is 0 Å². The Morgan fingerprint density at radius 1 is 1.33 bits per heavy atom. The van der Waals surface area contributed by atoms with Gasteiger partial charge in [0.15, 0.2) is 0 Å². The predicted molar refractivity (Wildman–Crippen MR) is 80.9 cm³/mol. The van der Waals surface area contributed by atoms with Gasteiger partial charge in [0.25, 0.3) is 0 Å². The van der Waals surface area contributed by atoms with Gasteiger partial charge >= 0.3 is 0 Å². The Hall–Kier alpha value is -1.33. The van der Waals surface area contributed by atoms with E-state index in [2.05, 4.69) is 21.2 Å². The molecule has 0 spiro atoms. The normalized spacial score (nSPS) is 36.0. The Balaban J connectivity index is 1.54. The molecule has 0 aromatic heterocycles. The number of hydrogen-bond acceptors (Lipinski definition) is 4. The van der Waals surface area contributed by atoms with Crippen molar-refractivity contribution in [2.24, 2.45) is 11.7 Å². The summed E-state index contributed by atoms with van der Waals surface area (Å²) in [6.45, 7) is 3.07. The van der Waals surface area contributed by atoms with Crippen molar-refractivity contribution in [1.29, 1.82) is 0 Å². The topological polar surface area (TPSA) is 61.6 Å². The zero-order valence-corrected chi connectivity index (χ0v) is 12.4. The Bertz CT molecular complexity index is 512. The highest BCUT2D eigenvalue weighted by Gasteiger charge is 2.42. The molecule has 3 N–H and O–H groups in total. The number of primary amides is 1. The van der Waals surface area contributed by atoms with Crippen LogP contribution in [0.1, 0.15) is 32.1 Å². The number of fused-ring (bicyclic) bond motifs is 4. The van der Waals surface area contributed by atoms with Crippen LogP contribution in [0.15, 0.2) is 23.5 Å². The highest BCUT2D eigenvalue weighted by Crippen LogP contribution is 2.35. The molecule has 4 rings (SSSR count). The van der Waals surface area contributed by atoms with Gasteiger partial charge in [0.05, 0.1) is 12.7 Å². The third-order valence-electron chi connectivity index (χ3n) is 5.58. The van der Waals surface area contributed by atoms with Crippen LogP contribution in [0.3, 0.4) is 0 Å². The van der Waals surface area contributed by atoms with Crippen molar-refractivity contribution >= 4 is 5.91 Å². The summed E-state index contributed by atoms with van der Waals surface area (Å²) < 4.78 is 0. The van der Waals surface area contributed by atoms with E-state index in [1.807, 2.05) is 6.20 Å². The fourth-order valence-electron chi connectivity index (χ4n) is 4.43. The van der Waals surface area contributed by atoms with Gasteiger partial charge in [-0.3, -0.25) is 15.0 Å². The lowest BCUT2D eigenvalue weighted by atomic mass is 9.81. The maximum absolute atomic E-state index is 11.4. The Morgan fingerprint density at radius 2 is 2.19 bits per heavy atom. The molecule has 0 aromatic carbocycles. The fraction of sp³-hybridized carbons (Fsp3) is 0.688. The molecule has 3 unspecified atom stereocenters. The van der Waals surface area contributed by atoms with E-state index in [1.165, 1.54) is 31.4 Å². The van der Waals surface area contributed by atoms with Crippen LogP contribution in [-0.4, -0.2) is 47.5 Å². The lowest BCUT2D eigenvalue weighted by Gasteiger charge is -2.54. The van der Waals surface area contributed by atoms with Crippen molar-refractivity contribution in [1.82, 2.24) is 15.1 Å². The summed E-state index contributed by atoms with van der Waals surface area (Å²) in [5, 5.41) is 3.71. The molecule has 5 nitrogen and oxygen atoms in total. The summed E-state index contributed by atoms with van der Waals surface area (Å²) >= 11 is 0. The minimum atomic E-state index is -0.295. The fourth-order valence-corrected chi connectivity index (χ4v) is 4.43. The molecule has 0 bridgehead atoms. The highest BCUT2D eigenvalue weighted by atomic mass is 16.1. The quantitative estimate of drug-likeness (QED) is 0.747. The smallest absolute Gasteiger partial charge is 0.246 e. The molecular weight excluding hydrogens is 264 g/mol. The second kappa shape index (κ2) is 5.14. The number of carbonyl (C=O) groups excluding carboxylic acids is 1. The minimum Gasteiger partial charge on any atom is -0.366 e. The predicted octanol–water partition coefficient (Wildman–Crippen LogP) is 0.749. The van der Waals surface area contributed by atoms with E-state index < -0.39 is 0 Å². The Kier molecular flexibility index (Phi) is 3.27. The van der Waals surface area contributed by atoms with Crippen molar-refractivity contribution in [2.45, 2.75) is 44.3 Å². The van der Waals surface area contributed by atoms with Gasteiger partial charge < -0.3 is 10.6 Å². The SMILES string of the molecule is NC(=O)C1=CN2CC3NCC4CCCCC4N3CC2=CC1. The molecule has 3 heterocycles. The van der Waals surface area contributed by atoms with Gasteiger partial charge in [-0.05, 0) is 25.2 Å². The van der Waals surface area contributed by atoms with E-state index in [4.69, 9.17) is 5.73 Å². The average Bonchev–Trinajstić information content (AvgIpc) is 2.52. The first kappa shape index (κ1) is 13.3. The maximum atomic E-state index is 11.4. The van der Waals surface area contributed by atoms with E-state index >= 15 is 0 Å². The average molecular weight is 288 g/mol. The minimum absolute atomic E-state index is 0.295. The maximum Gasteiger partial charge on any atom is 0.246 e. The van der Waals surface area contributed by atoms with E-state index in [-0.39, 0.29) is 5.91 Å². The second-order valence-corrected chi connectivity index (χ2v) is 6.78. The van der Waals surface area contributed by atoms with Crippen LogP contribution in [0.25, 0.3) is 0 Å². The van der Waals surface area contributed by atoms with Crippen molar-refractivity contribution < 1.29 is 4.79 Å². The monoisotopic (exact) mass is 288 g/mol. The van der Waals surface area contributed by atoms with E-state index in [1.54, 1.807) is 0 Å². The molecule has 3 atom stereocenters. The lowest BCUT2D eigenvalue weighted by Crippen LogP contribution is -2.67. The number of allylic oxidation sites excluding steroid dienone is 1. The molecule has 0 radical (unpaired) electrons. The van der Waals surface area contributed by atoms with Gasteiger partial charge in [0.1, 0.15) is 0 Å². The Labute approximate surface area is 125 Å². The van der Waals surface area contributed by atoms with Crippen LogP contribution in [0.5, 0.6) is 0 Å². The summed E-state index contributed by atoms with van der Waals surface area (Å²) in [4.78, 5) is 16.3. The van der Waals surface area contributed by atoms with E-state index in [9.17, 15) is 4.79 Å². The van der Waals surface area contributed by atoms with Gasteiger partial charge in [-0.25, -0.2) is 0 Å². The third-order valence-corrected chi connectivity index (χ3v) is 5.58. The molecule has 3 aliphatic heterocycles. The number of piperazine rings is 1. The van der Waals surface area contributed by atoms with Crippen LogP contribution in [-0.2, 0) is 4.79 Å². The van der Waals surface area contributed by atoms with Gasteiger partial charge in [0.2, 0.25) is 5.91 Å². The number of hydrogen-bond donors (Lipinski definition) is 2. The first-order valence-corrected chi connectivity index (χ1v) is 8.17. The van der Waals surface area contributed by atoms with Crippen LogP contribution in [0.4, 0.5) is 0 Å². The lowest BCUT2D eigenvalue weighted by molar-refractivity contribution is -0.114. The van der Waals surface area contributed by atoms with Gasteiger partial charge in [0, 0.05) is 36.6 Å². The van der Waals surface area contributed by atoms with Gasteiger partial charge in [-0.2, -0.15) is 0 Å². The first-order valence-electron chi connectivity index (χ1n) is 8.17. The van der Waals surface area contributed by atoms with Crippen LogP contribution >= 0.6 is 0 Å². The van der Waals surface area contributed by atoms with E-state index in [0.29, 0.717) is 12.6 Å². The first-order chi connectivity index (χ1) is 10.2. The standard InChI is InChI=1S/C16H24N4O/c17-16(21)12-5-6-13-9-20-14-4-2-1-3-11(14)7-18-15(20)10-19(13)8-12/h6,8,11,14-15,18H,1-5,7,9-10H2,(H2,17,21). The molecule has 2 saturated heterocycles. The van der Waals surface area contributed by atoms with Crippen LogP contribution in [0.2, 0.25) is 0 Å². The third kappa shape index (κ3) is 2.28. The van der Waals surface area contributed by atoms with Crippen molar-refractivity contribution in [3.63, 3.8) is 0 Å². The summed E-state index contributed by atoms with van der Waals surface area (Å²) in [5.74, 6) is 0.527. The molecule has 0 aromatic rings. The number of carbonyl (C=O) groups is 1. The molecule has 4 aliphatic rings. The summed E-state index contributed by atoms with van der Waals surface area (Å²) in [5.41, 5.74) is 7.48. The Morgan fingerprint density at radius 3 is 3.05 bits per heavy atom. The largest absolute Gasteiger partial charge is 0.366 e. The second-order valence-electron chi connectivity index (χ2n) is 6.78. The number of nitrogens with two attached hydrogens (primary N) is 1. The number of rotatable bonds is 1. The summed E-state index contributed by atoms with van der Waals surface area (Å²) in [7, 11) is 0. The molecular formula is C16H24N4O. The number of amides is 1. The van der Waals surface area contributed by atoms with E-state index in [0.717, 1.165) is 37.2 Å². The van der Waals surface area contributed by atoms with Crippen LogP contribution < -0.4 is 11.1 Å². The number of nitrogens with zero attached hydrogens (tertiary/aromatic N) is 2. The van der Waals surface area contributed by atoms with Gasteiger partial charge in [-0.1, -0.05) is 18.9 Å². The summed E-state index contributed by atoms with van der Waals surface area (Å²) in [6, 6.07) is 0.745. The summed E-state index contributed by atoms with van der Waals surface area (Å²) in [6.07, 6.45) is 10.7. The van der Waals surface area contributed by atoms with Gasteiger partial charge in [-0.15, -0.1) is 0 Å². The van der Waals surface area contributed by atoms with Crippen molar-refractivity contribution in [2.75, 3.05) is 19.6 Å². The zero-order chi connectivity index (χ0) is 14.4. The molecule has 1 amide bonds. The molecule has 114 valence electrons. The number of nitrogens with one attached hydrogen (secondary N) is 1. The molecule has 1 aliphatic carbocycles. The van der Waals surface area contributed by atoms with Crippen molar-refractivity contribution in [3.05, 3.63) is 23.5 Å².